The standard InChI is InChI=1S/C22H21BrN4O3/c1-14-4-9-20(27(29)30)12-21(14)26-15(2)10-18(16(26)3)13-24-25-22(28)11-17-5-7-19(23)8-6-17/h4-10,12-13H,11H2,1-3H3,(H,25,28)/b24-13-. The molecule has 8 heteroatoms. The summed E-state index contributed by atoms with van der Waals surface area (Å²) >= 11 is 3.37. The van der Waals surface area contributed by atoms with Crippen LogP contribution in [0.5, 0.6) is 0 Å². The predicted octanol–water partition coefficient (Wildman–Crippen LogP) is 4.77. The first kappa shape index (κ1) is 21.4. The number of carbonyl (C=O) groups excluding carboxylic acids is 1. The number of benzene rings is 2. The largest absolute Gasteiger partial charge is 0.317 e. The molecule has 0 bridgehead atoms. The Hall–Kier alpha value is -3.26. The minimum absolute atomic E-state index is 0.0403. The lowest BCUT2D eigenvalue weighted by molar-refractivity contribution is -0.384. The number of aromatic nitrogens is 1. The molecule has 0 saturated carbocycles. The van der Waals surface area contributed by atoms with Crippen LogP contribution in [0.25, 0.3) is 5.69 Å². The number of carbonyl (C=O) groups is 1. The Labute approximate surface area is 182 Å². The quantitative estimate of drug-likeness (QED) is 0.321. The van der Waals surface area contributed by atoms with E-state index in [1.807, 2.05) is 55.7 Å². The number of nitro benzene ring substituents is 1. The van der Waals surface area contributed by atoms with E-state index >= 15 is 0 Å². The molecule has 0 fully saturated rings. The van der Waals surface area contributed by atoms with Crippen LogP contribution >= 0.6 is 15.9 Å². The molecular weight excluding hydrogens is 448 g/mol. The number of rotatable bonds is 6. The van der Waals surface area contributed by atoms with Gasteiger partial charge in [0.15, 0.2) is 0 Å². The summed E-state index contributed by atoms with van der Waals surface area (Å²) in [7, 11) is 0. The van der Waals surface area contributed by atoms with Crippen LogP contribution in [0, 0.1) is 30.9 Å². The van der Waals surface area contributed by atoms with Crippen molar-refractivity contribution in [1.82, 2.24) is 9.99 Å². The number of aryl methyl sites for hydroxylation is 2. The van der Waals surface area contributed by atoms with Gasteiger partial charge in [-0.2, -0.15) is 5.10 Å². The molecule has 0 radical (unpaired) electrons. The number of nitrogens with one attached hydrogen (secondary N) is 1. The molecule has 1 aromatic heterocycles. The predicted molar refractivity (Wildman–Crippen MR) is 120 cm³/mol. The third-order valence-electron chi connectivity index (χ3n) is 4.79. The fourth-order valence-electron chi connectivity index (χ4n) is 3.24. The summed E-state index contributed by atoms with van der Waals surface area (Å²) < 4.78 is 2.91. The Balaban J connectivity index is 1.77. The van der Waals surface area contributed by atoms with Crippen LogP contribution in [0.15, 0.2) is 58.1 Å². The van der Waals surface area contributed by atoms with E-state index in [2.05, 4.69) is 26.5 Å². The van der Waals surface area contributed by atoms with Gasteiger partial charge < -0.3 is 4.57 Å². The molecule has 2 aromatic carbocycles. The first-order valence-corrected chi connectivity index (χ1v) is 10.1. The lowest BCUT2D eigenvalue weighted by Crippen LogP contribution is -2.19. The van der Waals surface area contributed by atoms with Gasteiger partial charge in [0.05, 0.1) is 23.2 Å². The van der Waals surface area contributed by atoms with E-state index < -0.39 is 4.92 Å². The van der Waals surface area contributed by atoms with Crippen molar-refractivity contribution in [3.63, 3.8) is 0 Å². The molecule has 0 spiro atoms. The van der Waals surface area contributed by atoms with Crippen LogP contribution in [0.1, 0.15) is 28.1 Å². The summed E-state index contributed by atoms with van der Waals surface area (Å²) in [4.78, 5) is 22.9. The number of non-ortho nitro benzene ring substituents is 1. The van der Waals surface area contributed by atoms with E-state index in [1.54, 1.807) is 18.3 Å². The minimum atomic E-state index is -0.402. The summed E-state index contributed by atoms with van der Waals surface area (Å²) in [5.74, 6) is -0.211. The molecule has 0 aliphatic carbocycles. The highest BCUT2D eigenvalue weighted by Crippen LogP contribution is 2.26. The highest BCUT2D eigenvalue weighted by molar-refractivity contribution is 9.10. The fraction of sp³-hybridized carbons (Fsp3) is 0.182. The summed E-state index contributed by atoms with van der Waals surface area (Å²) in [6.07, 6.45) is 1.82. The Morgan fingerprint density at radius 1 is 1.17 bits per heavy atom. The van der Waals surface area contributed by atoms with Crippen molar-refractivity contribution >= 4 is 33.7 Å². The van der Waals surface area contributed by atoms with E-state index in [9.17, 15) is 14.9 Å². The third-order valence-corrected chi connectivity index (χ3v) is 5.31. The minimum Gasteiger partial charge on any atom is -0.317 e. The second kappa shape index (κ2) is 9.04. The van der Waals surface area contributed by atoms with Crippen LogP contribution in [0.4, 0.5) is 5.69 Å². The van der Waals surface area contributed by atoms with E-state index in [-0.39, 0.29) is 18.0 Å². The Kier molecular flexibility index (Phi) is 6.47. The number of nitrogens with zero attached hydrogens (tertiary/aromatic N) is 3. The fourth-order valence-corrected chi connectivity index (χ4v) is 3.51. The zero-order valence-electron chi connectivity index (χ0n) is 16.8. The molecule has 1 amide bonds. The van der Waals surface area contributed by atoms with E-state index in [1.165, 1.54) is 6.07 Å². The molecule has 0 atom stereocenters. The van der Waals surface area contributed by atoms with Crippen molar-refractivity contribution in [2.45, 2.75) is 27.2 Å². The summed E-state index contributed by atoms with van der Waals surface area (Å²) in [6.45, 7) is 5.75. The Morgan fingerprint density at radius 3 is 2.53 bits per heavy atom. The monoisotopic (exact) mass is 468 g/mol. The van der Waals surface area contributed by atoms with Gasteiger partial charge in [0.1, 0.15) is 0 Å². The molecule has 3 rings (SSSR count). The normalized spacial score (nSPS) is 11.1. The molecule has 154 valence electrons. The third kappa shape index (κ3) is 4.83. The molecule has 1 N–H and O–H groups in total. The summed E-state index contributed by atoms with van der Waals surface area (Å²) in [5, 5.41) is 15.2. The van der Waals surface area contributed by atoms with Crippen LogP contribution < -0.4 is 5.43 Å². The smallest absolute Gasteiger partial charge is 0.271 e. The Morgan fingerprint density at radius 2 is 1.87 bits per heavy atom. The van der Waals surface area contributed by atoms with Crippen molar-refractivity contribution in [3.8, 4) is 5.69 Å². The average molecular weight is 469 g/mol. The first-order chi connectivity index (χ1) is 14.3. The van der Waals surface area contributed by atoms with Gasteiger partial charge in [0.2, 0.25) is 5.91 Å². The molecule has 3 aromatic rings. The van der Waals surface area contributed by atoms with Crippen molar-refractivity contribution in [1.29, 1.82) is 0 Å². The molecule has 0 saturated heterocycles. The summed E-state index contributed by atoms with van der Waals surface area (Å²) in [5.41, 5.74) is 7.77. The summed E-state index contributed by atoms with van der Waals surface area (Å²) in [6, 6.07) is 14.3. The van der Waals surface area contributed by atoms with Gasteiger partial charge in [0, 0.05) is 33.6 Å². The lowest BCUT2D eigenvalue weighted by Gasteiger charge is -2.12. The van der Waals surface area contributed by atoms with Gasteiger partial charge in [-0.25, -0.2) is 5.43 Å². The van der Waals surface area contributed by atoms with E-state index in [4.69, 9.17) is 0 Å². The zero-order chi connectivity index (χ0) is 21.8. The van der Waals surface area contributed by atoms with E-state index in [0.717, 1.165) is 38.2 Å². The van der Waals surface area contributed by atoms with Crippen molar-refractivity contribution in [2.24, 2.45) is 5.10 Å². The van der Waals surface area contributed by atoms with Crippen molar-refractivity contribution < 1.29 is 9.72 Å². The van der Waals surface area contributed by atoms with Crippen molar-refractivity contribution in [2.75, 3.05) is 0 Å². The van der Waals surface area contributed by atoms with Gasteiger partial charge in [-0.3, -0.25) is 14.9 Å². The van der Waals surface area contributed by atoms with Crippen LogP contribution in [0.3, 0.4) is 0 Å². The number of hydrogen-bond acceptors (Lipinski definition) is 4. The second-order valence-corrected chi connectivity index (χ2v) is 7.90. The maximum Gasteiger partial charge on any atom is 0.271 e. The van der Waals surface area contributed by atoms with Gasteiger partial charge in [-0.05, 0) is 50.1 Å². The molecule has 0 unspecified atom stereocenters. The number of amides is 1. The number of hydrazone groups is 1. The number of hydrogen-bond donors (Lipinski definition) is 1. The van der Waals surface area contributed by atoms with Crippen molar-refractivity contribution in [3.05, 3.63) is 91.2 Å². The first-order valence-electron chi connectivity index (χ1n) is 9.27. The lowest BCUT2D eigenvalue weighted by atomic mass is 10.1. The number of halogens is 1. The second-order valence-electron chi connectivity index (χ2n) is 6.99. The van der Waals surface area contributed by atoms with E-state index in [0.29, 0.717) is 0 Å². The van der Waals surface area contributed by atoms with Gasteiger partial charge in [0.25, 0.3) is 5.69 Å². The molecule has 1 heterocycles. The Bertz CT molecular complexity index is 1130. The van der Waals surface area contributed by atoms with Crippen LogP contribution in [-0.4, -0.2) is 21.6 Å². The van der Waals surface area contributed by atoms with Gasteiger partial charge in [-0.1, -0.05) is 34.1 Å². The SMILES string of the molecule is Cc1ccc([N+](=O)[O-])cc1-n1c(C)cc(/C=N\NC(=O)Cc2ccc(Br)cc2)c1C. The molecular formula is C22H21BrN4O3. The maximum absolute atomic E-state index is 12.1. The highest BCUT2D eigenvalue weighted by atomic mass is 79.9. The van der Waals surface area contributed by atoms with Gasteiger partial charge >= 0.3 is 0 Å². The molecule has 0 aliphatic heterocycles. The topological polar surface area (TPSA) is 89.5 Å². The maximum atomic E-state index is 12.1. The highest BCUT2D eigenvalue weighted by Gasteiger charge is 2.15. The van der Waals surface area contributed by atoms with Crippen LogP contribution in [0.2, 0.25) is 0 Å². The average Bonchev–Trinajstić information content (AvgIpc) is 2.97. The molecule has 0 aliphatic rings. The molecule has 30 heavy (non-hydrogen) atoms. The zero-order valence-corrected chi connectivity index (χ0v) is 18.4. The van der Waals surface area contributed by atoms with Gasteiger partial charge in [-0.15, -0.1) is 0 Å². The molecule has 7 nitrogen and oxygen atoms in total. The number of nitro groups is 1. The van der Waals surface area contributed by atoms with Crippen LogP contribution in [-0.2, 0) is 11.2 Å².